The SMILES string of the molecule is CCCNC(=O)CS(=O)Cc1cc(Cl)c2c(c1)OCO2. The molecule has 1 amide bonds. The Morgan fingerprint density at radius 3 is 3.00 bits per heavy atom. The molecule has 0 radical (unpaired) electrons. The van der Waals surface area contributed by atoms with E-state index in [1.165, 1.54) is 0 Å². The minimum absolute atomic E-state index is 0.00788. The minimum atomic E-state index is -1.28. The highest BCUT2D eigenvalue weighted by Crippen LogP contribution is 2.39. The Morgan fingerprint density at radius 1 is 1.45 bits per heavy atom. The molecule has 0 aliphatic carbocycles. The summed E-state index contributed by atoms with van der Waals surface area (Å²) in [5.41, 5.74) is 0.765. The third-order valence-corrected chi connectivity index (χ3v) is 4.20. The molecule has 2 rings (SSSR count). The summed E-state index contributed by atoms with van der Waals surface area (Å²) in [4.78, 5) is 11.5. The van der Waals surface area contributed by atoms with Crippen LogP contribution >= 0.6 is 11.6 Å². The lowest BCUT2D eigenvalue weighted by Gasteiger charge is -2.06. The van der Waals surface area contributed by atoms with Crippen molar-refractivity contribution in [1.82, 2.24) is 5.32 Å². The number of amides is 1. The Kier molecular flexibility index (Phi) is 5.25. The topological polar surface area (TPSA) is 64.6 Å². The van der Waals surface area contributed by atoms with Crippen LogP contribution in [0.1, 0.15) is 18.9 Å². The summed E-state index contributed by atoms with van der Waals surface area (Å²) in [6.07, 6.45) is 0.857. The maximum absolute atomic E-state index is 11.9. The van der Waals surface area contributed by atoms with Gasteiger partial charge in [0.05, 0.1) is 5.02 Å². The second-order valence-corrected chi connectivity index (χ2v) is 6.25. The zero-order valence-corrected chi connectivity index (χ0v) is 12.7. The molecule has 0 spiro atoms. The summed E-state index contributed by atoms with van der Waals surface area (Å²) in [5, 5.41) is 3.13. The molecule has 0 saturated heterocycles. The summed E-state index contributed by atoms with van der Waals surface area (Å²) in [5.74, 6) is 1.13. The van der Waals surface area contributed by atoms with E-state index in [1.54, 1.807) is 12.1 Å². The van der Waals surface area contributed by atoms with Crippen molar-refractivity contribution < 1.29 is 18.5 Å². The standard InChI is InChI=1S/C13H16ClNO4S/c1-2-3-15-12(16)7-20(17)6-9-4-10(14)13-11(5-9)18-8-19-13/h4-5H,2-3,6-8H2,1H3,(H,15,16). The summed E-state index contributed by atoms with van der Waals surface area (Å²) in [6.45, 7) is 2.71. The fourth-order valence-corrected chi connectivity index (χ4v) is 3.13. The number of halogens is 1. The van der Waals surface area contributed by atoms with Crippen LogP contribution in [0.15, 0.2) is 12.1 Å². The van der Waals surface area contributed by atoms with Crippen molar-refractivity contribution in [2.24, 2.45) is 0 Å². The van der Waals surface area contributed by atoms with E-state index in [9.17, 15) is 9.00 Å². The van der Waals surface area contributed by atoms with Crippen molar-refractivity contribution >= 4 is 28.3 Å². The van der Waals surface area contributed by atoms with E-state index in [4.69, 9.17) is 21.1 Å². The van der Waals surface area contributed by atoms with Crippen LogP contribution in [-0.2, 0) is 21.3 Å². The smallest absolute Gasteiger partial charge is 0.232 e. The largest absolute Gasteiger partial charge is 0.454 e. The van der Waals surface area contributed by atoms with Crippen LogP contribution in [0.3, 0.4) is 0 Å². The van der Waals surface area contributed by atoms with Crippen molar-refractivity contribution in [3.63, 3.8) is 0 Å². The molecular weight excluding hydrogens is 302 g/mol. The van der Waals surface area contributed by atoms with Gasteiger partial charge in [-0.15, -0.1) is 0 Å². The van der Waals surface area contributed by atoms with Crippen LogP contribution in [0.25, 0.3) is 0 Å². The highest BCUT2D eigenvalue weighted by Gasteiger charge is 2.19. The molecule has 1 atom stereocenters. The van der Waals surface area contributed by atoms with E-state index in [1.807, 2.05) is 6.92 Å². The second-order valence-electron chi connectivity index (χ2n) is 4.39. The Hall–Kier alpha value is -1.27. The maximum Gasteiger partial charge on any atom is 0.232 e. The first-order chi connectivity index (χ1) is 9.60. The number of carbonyl (C=O) groups excluding carboxylic acids is 1. The number of hydrogen-bond acceptors (Lipinski definition) is 4. The van der Waals surface area contributed by atoms with Gasteiger partial charge in [-0.3, -0.25) is 9.00 Å². The third kappa shape index (κ3) is 3.86. The van der Waals surface area contributed by atoms with Gasteiger partial charge >= 0.3 is 0 Å². The van der Waals surface area contributed by atoms with Crippen molar-refractivity contribution in [2.45, 2.75) is 19.1 Å². The lowest BCUT2D eigenvalue weighted by molar-refractivity contribution is -0.118. The molecule has 0 bridgehead atoms. The van der Waals surface area contributed by atoms with E-state index in [2.05, 4.69) is 5.32 Å². The fraction of sp³-hybridized carbons (Fsp3) is 0.462. The first-order valence-corrected chi connectivity index (χ1v) is 8.16. The molecular formula is C13H16ClNO4S. The van der Waals surface area contributed by atoms with Crippen LogP contribution in [-0.4, -0.2) is 29.2 Å². The first-order valence-electron chi connectivity index (χ1n) is 6.30. The first kappa shape index (κ1) is 15.1. The fourth-order valence-electron chi connectivity index (χ4n) is 1.80. The van der Waals surface area contributed by atoms with E-state index < -0.39 is 10.8 Å². The van der Waals surface area contributed by atoms with Crippen LogP contribution in [0, 0.1) is 0 Å². The molecule has 1 aromatic rings. The quantitative estimate of drug-likeness (QED) is 0.869. The van der Waals surface area contributed by atoms with Crippen molar-refractivity contribution in [1.29, 1.82) is 0 Å². The number of rotatable bonds is 6. The number of nitrogens with one attached hydrogen (secondary N) is 1. The number of carbonyl (C=O) groups is 1. The summed E-state index contributed by atoms with van der Waals surface area (Å²) in [6, 6.07) is 3.44. The van der Waals surface area contributed by atoms with Gasteiger partial charge in [-0.2, -0.15) is 0 Å². The third-order valence-electron chi connectivity index (χ3n) is 2.68. The van der Waals surface area contributed by atoms with Crippen molar-refractivity contribution in [3.05, 3.63) is 22.7 Å². The van der Waals surface area contributed by atoms with E-state index in [0.29, 0.717) is 23.1 Å². The molecule has 1 unspecified atom stereocenters. The highest BCUT2D eigenvalue weighted by atomic mass is 35.5. The van der Waals surface area contributed by atoms with Gasteiger partial charge in [0, 0.05) is 23.1 Å². The molecule has 1 aromatic carbocycles. The zero-order chi connectivity index (χ0) is 14.5. The van der Waals surface area contributed by atoms with Gasteiger partial charge in [-0.25, -0.2) is 0 Å². The number of fused-ring (bicyclic) bond motifs is 1. The molecule has 1 N–H and O–H groups in total. The Balaban J connectivity index is 1.95. The van der Waals surface area contributed by atoms with Gasteiger partial charge in [0.2, 0.25) is 12.7 Å². The molecule has 20 heavy (non-hydrogen) atoms. The van der Waals surface area contributed by atoms with Crippen LogP contribution in [0.4, 0.5) is 0 Å². The summed E-state index contributed by atoms with van der Waals surface area (Å²) >= 11 is 6.05. The Bertz CT molecular complexity index is 535. The average molecular weight is 318 g/mol. The lowest BCUT2D eigenvalue weighted by atomic mass is 10.2. The predicted molar refractivity (Wildman–Crippen MR) is 77.6 cm³/mol. The van der Waals surface area contributed by atoms with Crippen LogP contribution in [0.5, 0.6) is 11.5 Å². The number of hydrogen-bond donors (Lipinski definition) is 1. The predicted octanol–water partition coefficient (Wildman–Crippen LogP) is 1.84. The average Bonchev–Trinajstić information content (AvgIpc) is 2.84. The van der Waals surface area contributed by atoms with Crippen molar-refractivity contribution in [3.8, 4) is 11.5 Å². The van der Waals surface area contributed by atoms with E-state index in [-0.39, 0.29) is 24.2 Å². The van der Waals surface area contributed by atoms with Gasteiger partial charge in [0.15, 0.2) is 11.5 Å². The monoisotopic (exact) mass is 317 g/mol. The van der Waals surface area contributed by atoms with E-state index >= 15 is 0 Å². The van der Waals surface area contributed by atoms with Crippen LogP contribution < -0.4 is 14.8 Å². The van der Waals surface area contributed by atoms with Crippen LogP contribution in [0.2, 0.25) is 5.02 Å². The molecule has 1 aliphatic rings. The second kappa shape index (κ2) is 6.95. The molecule has 0 fully saturated rings. The Morgan fingerprint density at radius 2 is 2.25 bits per heavy atom. The van der Waals surface area contributed by atoms with Gasteiger partial charge in [0.1, 0.15) is 5.75 Å². The molecule has 110 valence electrons. The van der Waals surface area contributed by atoms with Gasteiger partial charge < -0.3 is 14.8 Å². The zero-order valence-electron chi connectivity index (χ0n) is 11.1. The highest BCUT2D eigenvalue weighted by molar-refractivity contribution is 7.84. The lowest BCUT2D eigenvalue weighted by Crippen LogP contribution is -2.29. The van der Waals surface area contributed by atoms with Crippen molar-refractivity contribution in [2.75, 3.05) is 19.1 Å². The number of ether oxygens (including phenoxy) is 2. The van der Waals surface area contributed by atoms with Gasteiger partial charge in [-0.1, -0.05) is 18.5 Å². The van der Waals surface area contributed by atoms with E-state index in [0.717, 1.165) is 12.0 Å². The molecule has 5 nitrogen and oxygen atoms in total. The summed E-state index contributed by atoms with van der Waals surface area (Å²) in [7, 11) is -1.28. The maximum atomic E-state index is 11.9. The molecule has 0 saturated carbocycles. The summed E-state index contributed by atoms with van der Waals surface area (Å²) < 4.78 is 22.4. The number of benzene rings is 1. The Labute approximate surface area is 125 Å². The normalized spacial score (nSPS) is 14.1. The molecule has 7 heteroatoms. The minimum Gasteiger partial charge on any atom is -0.454 e. The molecule has 1 aliphatic heterocycles. The molecule has 1 heterocycles. The van der Waals surface area contributed by atoms with Gasteiger partial charge in [0.25, 0.3) is 0 Å². The van der Waals surface area contributed by atoms with Gasteiger partial charge in [-0.05, 0) is 24.1 Å². The molecule has 0 aromatic heterocycles.